The van der Waals surface area contributed by atoms with Gasteiger partial charge in [0, 0.05) is 12.1 Å². The van der Waals surface area contributed by atoms with Gasteiger partial charge in [0.05, 0.1) is 5.92 Å². The molecule has 1 N–H and O–H groups in total. The van der Waals surface area contributed by atoms with Crippen LogP contribution in [0.2, 0.25) is 0 Å². The van der Waals surface area contributed by atoms with Crippen molar-refractivity contribution in [3.63, 3.8) is 0 Å². The van der Waals surface area contributed by atoms with Crippen LogP contribution in [0.15, 0.2) is 0 Å². The van der Waals surface area contributed by atoms with Crippen molar-refractivity contribution in [2.75, 3.05) is 13.1 Å². The van der Waals surface area contributed by atoms with Gasteiger partial charge in [-0.15, -0.1) is 0 Å². The molecule has 1 heterocycles. The van der Waals surface area contributed by atoms with E-state index in [2.05, 4.69) is 18.7 Å². The third-order valence-corrected chi connectivity index (χ3v) is 3.24. The van der Waals surface area contributed by atoms with E-state index < -0.39 is 5.97 Å². The second kappa shape index (κ2) is 3.89. The molecule has 0 aliphatic carbocycles. The lowest BCUT2D eigenvalue weighted by molar-refractivity contribution is -0.144. The van der Waals surface area contributed by atoms with Gasteiger partial charge in [-0.2, -0.15) is 0 Å². The minimum absolute atomic E-state index is 0.184. The monoisotopic (exact) mass is 199 g/mol. The first-order valence-corrected chi connectivity index (χ1v) is 5.33. The molecular weight excluding hydrogens is 178 g/mol. The molecule has 1 atom stereocenters. The van der Waals surface area contributed by atoms with E-state index in [0.29, 0.717) is 5.92 Å². The van der Waals surface area contributed by atoms with Gasteiger partial charge in [0.15, 0.2) is 0 Å². The molecule has 0 bridgehead atoms. The Kier molecular flexibility index (Phi) is 3.20. The zero-order valence-electron chi connectivity index (χ0n) is 9.58. The summed E-state index contributed by atoms with van der Waals surface area (Å²) in [5.41, 5.74) is -0.184. The summed E-state index contributed by atoms with van der Waals surface area (Å²) >= 11 is 0. The van der Waals surface area contributed by atoms with Gasteiger partial charge in [0.25, 0.3) is 0 Å². The highest BCUT2D eigenvalue weighted by Gasteiger charge is 2.45. The van der Waals surface area contributed by atoms with Crippen molar-refractivity contribution >= 4 is 5.97 Å². The van der Waals surface area contributed by atoms with Crippen molar-refractivity contribution in [3.8, 4) is 0 Å². The molecule has 1 saturated heterocycles. The first-order valence-electron chi connectivity index (χ1n) is 5.33. The standard InChI is InChI=1S/C11H21NO2/c1-8(2)7-12-6-5-9(10(13)14)11(12,3)4/h8-9H,5-7H2,1-4H3,(H,13,14). The lowest BCUT2D eigenvalue weighted by atomic mass is 9.88. The maximum Gasteiger partial charge on any atom is 0.308 e. The molecule has 0 spiro atoms. The van der Waals surface area contributed by atoms with Crippen molar-refractivity contribution in [1.82, 2.24) is 4.90 Å². The quantitative estimate of drug-likeness (QED) is 0.754. The Morgan fingerprint density at radius 3 is 2.50 bits per heavy atom. The molecule has 0 radical (unpaired) electrons. The predicted molar refractivity (Wildman–Crippen MR) is 56.2 cm³/mol. The molecule has 1 fully saturated rings. The first kappa shape index (κ1) is 11.5. The summed E-state index contributed by atoms with van der Waals surface area (Å²) in [6.07, 6.45) is 0.787. The molecule has 0 aromatic rings. The molecule has 0 saturated carbocycles. The van der Waals surface area contributed by atoms with Gasteiger partial charge >= 0.3 is 5.97 Å². The number of likely N-dealkylation sites (tertiary alicyclic amines) is 1. The van der Waals surface area contributed by atoms with Crippen molar-refractivity contribution in [3.05, 3.63) is 0 Å². The zero-order valence-corrected chi connectivity index (χ0v) is 9.58. The molecule has 14 heavy (non-hydrogen) atoms. The number of nitrogens with zero attached hydrogens (tertiary/aromatic N) is 1. The Hall–Kier alpha value is -0.570. The Balaban J connectivity index is 2.70. The number of hydrogen-bond acceptors (Lipinski definition) is 2. The van der Waals surface area contributed by atoms with E-state index in [1.807, 2.05) is 13.8 Å². The number of carbonyl (C=O) groups is 1. The highest BCUT2D eigenvalue weighted by Crippen LogP contribution is 2.34. The van der Waals surface area contributed by atoms with E-state index in [0.717, 1.165) is 19.5 Å². The smallest absolute Gasteiger partial charge is 0.308 e. The second-order valence-corrected chi connectivity index (χ2v) is 5.17. The van der Waals surface area contributed by atoms with Gasteiger partial charge in [-0.25, -0.2) is 0 Å². The van der Waals surface area contributed by atoms with Crippen molar-refractivity contribution in [2.24, 2.45) is 11.8 Å². The summed E-state index contributed by atoms with van der Waals surface area (Å²) in [4.78, 5) is 13.3. The second-order valence-electron chi connectivity index (χ2n) is 5.17. The molecular formula is C11H21NO2. The fourth-order valence-electron chi connectivity index (χ4n) is 2.34. The fourth-order valence-corrected chi connectivity index (χ4v) is 2.34. The lowest BCUT2D eigenvalue weighted by Gasteiger charge is -2.35. The van der Waals surface area contributed by atoms with Gasteiger partial charge in [-0.05, 0) is 32.7 Å². The largest absolute Gasteiger partial charge is 0.481 e. The summed E-state index contributed by atoms with van der Waals surface area (Å²) in [6.45, 7) is 10.3. The molecule has 1 rings (SSSR count). The Bertz CT molecular complexity index is 223. The average molecular weight is 199 g/mol. The van der Waals surface area contributed by atoms with E-state index in [1.54, 1.807) is 0 Å². The van der Waals surface area contributed by atoms with Crippen molar-refractivity contribution in [1.29, 1.82) is 0 Å². The molecule has 0 amide bonds. The Morgan fingerprint density at radius 2 is 2.14 bits per heavy atom. The summed E-state index contributed by atoms with van der Waals surface area (Å²) < 4.78 is 0. The Morgan fingerprint density at radius 1 is 1.57 bits per heavy atom. The van der Waals surface area contributed by atoms with Crippen LogP contribution < -0.4 is 0 Å². The predicted octanol–water partition coefficient (Wildman–Crippen LogP) is 1.83. The molecule has 1 aliphatic heterocycles. The maximum absolute atomic E-state index is 11.0. The van der Waals surface area contributed by atoms with Crippen LogP contribution in [-0.4, -0.2) is 34.6 Å². The zero-order chi connectivity index (χ0) is 10.9. The molecule has 1 unspecified atom stereocenters. The summed E-state index contributed by atoms with van der Waals surface area (Å²) in [7, 11) is 0. The SMILES string of the molecule is CC(C)CN1CCC(C(=O)O)C1(C)C. The van der Waals surface area contributed by atoms with Gasteiger partial charge < -0.3 is 5.11 Å². The van der Waals surface area contributed by atoms with Gasteiger partial charge in [0.2, 0.25) is 0 Å². The summed E-state index contributed by atoms with van der Waals surface area (Å²) in [5.74, 6) is -0.260. The third-order valence-electron chi connectivity index (χ3n) is 3.24. The highest BCUT2D eigenvalue weighted by atomic mass is 16.4. The number of rotatable bonds is 3. The van der Waals surface area contributed by atoms with Gasteiger partial charge in [-0.3, -0.25) is 9.69 Å². The third kappa shape index (κ3) is 2.08. The van der Waals surface area contributed by atoms with Gasteiger partial charge in [0.1, 0.15) is 0 Å². The number of carboxylic acid groups (broad SMARTS) is 1. The molecule has 3 heteroatoms. The number of aliphatic carboxylic acids is 1. The van der Waals surface area contributed by atoms with E-state index in [9.17, 15) is 4.79 Å². The first-order chi connectivity index (χ1) is 6.35. The highest BCUT2D eigenvalue weighted by molar-refractivity contribution is 5.72. The van der Waals surface area contributed by atoms with Crippen LogP contribution in [0.1, 0.15) is 34.1 Å². The molecule has 1 aliphatic rings. The van der Waals surface area contributed by atoms with Crippen LogP contribution >= 0.6 is 0 Å². The van der Waals surface area contributed by atoms with Crippen LogP contribution in [0.5, 0.6) is 0 Å². The fraction of sp³-hybridized carbons (Fsp3) is 0.909. The maximum atomic E-state index is 11.0. The van der Waals surface area contributed by atoms with Crippen LogP contribution in [0, 0.1) is 11.8 Å². The topological polar surface area (TPSA) is 40.5 Å². The number of hydrogen-bond donors (Lipinski definition) is 1. The summed E-state index contributed by atoms with van der Waals surface area (Å²) in [5, 5.41) is 9.07. The van der Waals surface area contributed by atoms with Crippen LogP contribution in [0.4, 0.5) is 0 Å². The van der Waals surface area contributed by atoms with Crippen molar-refractivity contribution < 1.29 is 9.90 Å². The average Bonchev–Trinajstić information content (AvgIpc) is 2.26. The molecule has 0 aromatic heterocycles. The Labute approximate surface area is 86.1 Å². The normalized spacial score (nSPS) is 27.1. The minimum Gasteiger partial charge on any atom is -0.481 e. The van der Waals surface area contributed by atoms with Crippen LogP contribution in [-0.2, 0) is 4.79 Å². The molecule has 82 valence electrons. The van der Waals surface area contributed by atoms with E-state index in [-0.39, 0.29) is 11.5 Å². The minimum atomic E-state index is -0.652. The van der Waals surface area contributed by atoms with E-state index >= 15 is 0 Å². The molecule has 3 nitrogen and oxygen atoms in total. The van der Waals surface area contributed by atoms with Gasteiger partial charge in [-0.1, -0.05) is 13.8 Å². The lowest BCUT2D eigenvalue weighted by Crippen LogP contribution is -2.46. The number of carboxylic acids is 1. The van der Waals surface area contributed by atoms with Crippen molar-refractivity contribution in [2.45, 2.75) is 39.7 Å². The molecule has 0 aromatic carbocycles. The van der Waals surface area contributed by atoms with E-state index in [1.165, 1.54) is 0 Å². The summed E-state index contributed by atoms with van der Waals surface area (Å²) in [6, 6.07) is 0. The van der Waals surface area contributed by atoms with Crippen LogP contribution in [0.3, 0.4) is 0 Å². The van der Waals surface area contributed by atoms with Crippen LogP contribution in [0.25, 0.3) is 0 Å². The van der Waals surface area contributed by atoms with E-state index in [4.69, 9.17) is 5.11 Å².